The number of benzene rings is 1. The smallest absolute Gasteiger partial charge is 0.324 e. The van der Waals surface area contributed by atoms with Gasteiger partial charge in [-0.1, -0.05) is 19.1 Å². The van der Waals surface area contributed by atoms with Crippen molar-refractivity contribution in [3.05, 3.63) is 59.6 Å². The van der Waals surface area contributed by atoms with E-state index in [1.54, 1.807) is 12.1 Å². The van der Waals surface area contributed by atoms with E-state index < -0.39 is 5.91 Å². The molecule has 112 valence electrons. The first kappa shape index (κ1) is 14.1. The molecule has 3 aromatic rings. The molecule has 0 atom stereocenters. The summed E-state index contributed by atoms with van der Waals surface area (Å²) in [6, 6.07) is 12.4. The van der Waals surface area contributed by atoms with Crippen LogP contribution in [0.15, 0.2) is 48.7 Å². The Kier molecular flexibility index (Phi) is 3.74. The summed E-state index contributed by atoms with van der Waals surface area (Å²) in [7, 11) is 0. The lowest BCUT2D eigenvalue weighted by atomic mass is 10.3. The number of para-hydroxylation sites is 2. The van der Waals surface area contributed by atoms with E-state index in [0.29, 0.717) is 10.7 Å². The lowest BCUT2D eigenvalue weighted by Gasteiger charge is -2.08. The topological polar surface area (TPSA) is 73.9 Å². The van der Waals surface area contributed by atoms with Crippen molar-refractivity contribution in [1.29, 1.82) is 0 Å². The Morgan fingerprint density at radius 1 is 1.27 bits per heavy atom. The molecule has 1 N–H and O–H groups in total. The molecule has 0 saturated heterocycles. The normalized spacial score (nSPS) is 10.8. The third-order valence-corrected chi connectivity index (χ3v) is 3.38. The Hall–Kier alpha value is -2.89. The standard InChI is InChI=1S/C16H16N4O2/c1-2-10-19-13-8-4-3-7-12(13)17-16(19)18-15(21)14-9-5-6-11-20(14)22/h3-9,11H,2,10H2,1H3,(H,17,18,21). The number of carbonyl (C=O) groups excluding carboxylic acids is 1. The molecular weight excluding hydrogens is 280 g/mol. The van der Waals surface area contributed by atoms with Gasteiger partial charge in [0.15, 0.2) is 6.20 Å². The van der Waals surface area contributed by atoms with Crippen LogP contribution in [0.2, 0.25) is 0 Å². The van der Waals surface area contributed by atoms with Gasteiger partial charge in [0.05, 0.1) is 11.0 Å². The molecule has 0 aliphatic rings. The van der Waals surface area contributed by atoms with Gasteiger partial charge >= 0.3 is 5.91 Å². The lowest BCUT2D eigenvalue weighted by Crippen LogP contribution is -2.36. The predicted octanol–water partition coefficient (Wildman–Crippen LogP) is 2.33. The number of nitrogens with zero attached hydrogens (tertiary/aromatic N) is 3. The van der Waals surface area contributed by atoms with Crippen LogP contribution in [0.1, 0.15) is 23.8 Å². The fraction of sp³-hybridized carbons (Fsp3) is 0.188. The first-order valence-corrected chi connectivity index (χ1v) is 7.15. The van der Waals surface area contributed by atoms with Crippen LogP contribution in [0.5, 0.6) is 0 Å². The van der Waals surface area contributed by atoms with Gasteiger partial charge in [-0.3, -0.25) is 10.1 Å². The molecule has 0 bridgehead atoms. The van der Waals surface area contributed by atoms with Gasteiger partial charge in [-0.2, -0.15) is 4.73 Å². The van der Waals surface area contributed by atoms with Gasteiger partial charge in [0.25, 0.3) is 5.69 Å². The summed E-state index contributed by atoms with van der Waals surface area (Å²) >= 11 is 0. The maximum atomic E-state index is 12.3. The van der Waals surface area contributed by atoms with Crippen LogP contribution < -0.4 is 10.0 Å². The fourth-order valence-electron chi connectivity index (χ4n) is 2.39. The van der Waals surface area contributed by atoms with E-state index in [-0.39, 0.29) is 5.69 Å². The number of rotatable bonds is 4. The lowest BCUT2D eigenvalue weighted by molar-refractivity contribution is -0.607. The Morgan fingerprint density at radius 2 is 2.05 bits per heavy atom. The molecule has 1 amide bonds. The minimum atomic E-state index is -0.469. The summed E-state index contributed by atoms with van der Waals surface area (Å²) < 4.78 is 2.49. The minimum Gasteiger partial charge on any atom is -0.618 e. The van der Waals surface area contributed by atoms with Crippen LogP contribution in [-0.4, -0.2) is 15.5 Å². The van der Waals surface area contributed by atoms with Crippen molar-refractivity contribution in [3.8, 4) is 0 Å². The maximum Gasteiger partial charge on any atom is 0.324 e. The molecule has 0 aliphatic heterocycles. The number of anilines is 1. The van der Waals surface area contributed by atoms with Crippen molar-refractivity contribution in [3.63, 3.8) is 0 Å². The summed E-state index contributed by atoms with van der Waals surface area (Å²) in [4.78, 5) is 16.7. The number of nitrogens with one attached hydrogen (secondary N) is 1. The quantitative estimate of drug-likeness (QED) is 0.593. The molecule has 6 nitrogen and oxygen atoms in total. The Bertz CT molecular complexity index is 826. The monoisotopic (exact) mass is 296 g/mol. The van der Waals surface area contributed by atoms with Crippen molar-refractivity contribution in [2.75, 3.05) is 5.32 Å². The van der Waals surface area contributed by atoms with E-state index in [1.165, 1.54) is 12.3 Å². The van der Waals surface area contributed by atoms with Gasteiger partial charge in [0.2, 0.25) is 5.95 Å². The summed E-state index contributed by atoms with van der Waals surface area (Å²) in [5.74, 6) is -0.0137. The Morgan fingerprint density at radius 3 is 2.82 bits per heavy atom. The summed E-state index contributed by atoms with van der Waals surface area (Å²) in [5.41, 5.74) is 1.81. The Balaban J connectivity index is 1.98. The first-order valence-electron chi connectivity index (χ1n) is 7.15. The predicted molar refractivity (Wildman–Crippen MR) is 83.4 cm³/mol. The molecule has 0 saturated carbocycles. The van der Waals surface area contributed by atoms with Crippen molar-refractivity contribution in [1.82, 2.24) is 9.55 Å². The Labute approximate surface area is 127 Å². The second-order valence-corrected chi connectivity index (χ2v) is 4.94. The minimum absolute atomic E-state index is 0.0394. The zero-order valence-corrected chi connectivity index (χ0v) is 12.2. The van der Waals surface area contributed by atoms with Gasteiger partial charge in [-0.05, 0) is 24.6 Å². The van der Waals surface area contributed by atoms with Gasteiger partial charge in [0.1, 0.15) is 0 Å². The average molecular weight is 296 g/mol. The molecule has 0 fully saturated rings. The van der Waals surface area contributed by atoms with E-state index in [0.717, 1.165) is 24.0 Å². The molecular formula is C16H16N4O2. The number of fused-ring (bicyclic) bond motifs is 1. The summed E-state index contributed by atoms with van der Waals surface area (Å²) in [6.07, 6.45) is 2.21. The highest BCUT2D eigenvalue weighted by molar-refractivity contribution is 6.01. The van der Waals surface area contributed by atoms with E-state index in [1.807, 2.05) is 28.8 Å². The van der Waals surface area contributed by atoms with Crippen LogP contribution in [0.4, 0.5) is 5.95 Å². The number of hydrogen-bond acceptors (Lipinski definition) is 3. The SMILES string of the molecule is CCCn1c(NC(=O)c2cccc[n+]2[O-])nc2ccccc21. The number of hydrogen-bond donors (Lipinski definition) is 1. The van der Waals surface area contributed by atoms with Crippen molar-refractivity contribution < 1.29 is 9.52 Å². The highest BCUT2D eigenvalue weighted by Crippen LogP contribution is 2.20. The van der Waals surface area contributed by atoms with Crippen LogP contribution in [0, 0.1) is 5.21 Å². The van der Waals surface area contributed by atoms with Crippen LogP contribution in [0.25, 0.3) is 11.0 Å². The molecule has 22 heavy (non-hydrogen) atoms. The van der Waals surface area contributed by atoms with Crippen molar-refractivity contribution in [2.24, 2.45) is 0 Å². The molecule has 0 aliphatic carbocycles. The first-order chi connectivity index (χ1) is 10.7. The van der Waals surface area contributed by atoms with Gasteiger partial charge in [-0.25, -0.2) is 4.98 Å². The van der Waals surface area contributed by atoms with Gasteiger partial charge < -0.3 is 9.77 Å². The van der Waals surface area contributed by atoms with E-state index >= 15 is 0 Å². The van der Waals surface area contributed by atoms with Crippen LogP contribution in [0.3, 0.4) is 0 Å². The average Bonchev–Trinajstić information content (AvgIpc) is 2.86. The van der Waals surface area contributed by atoms with Crippen molar-refractivity contribution >= 4 is 22.9 Å². The second kappa shape index (κ2) is 5.85. The largest absolute Gasteiger partial charge is 0.618 e. The van der Waals surface area contributed by atoms with E-state index in [2.05, 4.69) is 17.2 Å². The second-order valence-electron chi connectivity index (χ2n) is 4.94. The molecule has 2 heterocycles. The van der Waals surface area contributed by atoms with Crippen molar-refractivity contribution in [2.45, 2.75) is 19.9 Å². The van der Waals surface area contributed by atoms with Gasteiger partial charge in [-0.15, -0.1) is 0 Å². The molecule has 2 aromatic heterocycles. The third kappa shape index (κ3) is 2.50. The zero-order valence-electron chi connectivity index (χ0n) is 12.2. The molecule has 0 unspecified atom stereocenters. The molecule has 0 spiro atoms. The van der Waals surface area contributed by atoms with Crippen LogP contribution in [-0.2, 0) is 6.54 Å². The number of aryl methyl sites for hydroxylation is 1. The molecule has 1 aromatic carbocycles. The van der Waals surface area contributed by atoms with E-state index in [9.17, 15) is 10.0 Å². The third-order valence-electron chi connectivity index (χ3n) is 3.38. The molecule has 0 radical (unpaired) electrons. The number of aromatic nitrogens is 3. The van der Waals surface area contributed by atoms with Crippen LogP contribution >= 0.6 is 0 Å². The number of pyridine rings is 1. The number of imidazole rings is 1. The molecule has 6 heteroatoms. The molecule has 3 rings (SSSR count). The van der Waals surface area contributed by atoms with Gasteiger partial charge in [0, 0.05) is 18.7 Å². The number of carbonyl (C=O) groups is 1. The zero-order chi connectivity index (χ0) is 15.5. The fourth-order valence-corrected chi connectivity index (χ4v) is 2.39. The number of amides is 1. The summed E-state index contributed by atoms with van der Waals surface area (Å²) in [6.45, 7) is 2.80. The highest BCUT2D eigenvalue weighted by atomic mass is 16.5. The van der Waals surface area contributed by atoms with E-state index in [4.69, 9.17) is 0 Å². The highest BCUT2D eigenvalue weighted by Gasteiger charge is 2.18. The maximum absolute atomic E-state index is 12.3. The summed E-state index contributed by atoms with van der Waals surface area (Å²) in [5, 5.41) is 14.4.